The number of nitrogens with zero attached hydrogens (tertiary/aromatic N) is 1. The molecule has 0 spiro atoms. The molecule has 1 unspecified atom stereocenters. The van der Waals surface area contributed by atoms with Crippen LogP contribution in [0.25, 0.3) is 0 Å². The minimum absolute atomic E-state index is 0.709. The summed E-state index contributed by atoms with van der Waals surface area (Å²) in [5, 5.41) is 3.61. The molecule has 17 heavy (non-hydrogen) atoms. The first-order valence-corrected chi connectivity index (χ1v) is 7.00. The Kier molecular flexibility index (Phi) is 3.32. The third-order valence-corrected chi connectivity index (χ3v) is 4.06. The van der Waals surface area contributed by atoms with E-state index >= 15 is 0 Å². The maximum Gasteiger partial charge on any atom is 0.0399 e. The Morgan fingerprint density at radius 2 is 2.12 bits per heavy atom. The number of hydrogen-bond acceptors (Lipinski definition) is 2. The maximum absolute atomic E-state index is 3.61. The van der Waals surface area contributed by atoms with E-state index in [0.29, 0.717) is 6.04 Å². The molecule has 1 fully saturated rings. The number of rotatable bonds is 2. The molecule has 92 valence electrons. The Morgan fingerprint density at radius 3 is 3.00 bits per heavy atom. The standard InChI is InChI=1S/C15H22N2/c1-2-9-15-13(6-1)7-3-4-11-17(15)12-14-8-5-10-16-14/h1-2,6,9,14,16H,3-5,7-8,10-12H2. The van der Waals surface area contributed by atoms with Gasteiger partial charge in [0.15, 0.2) is 0 Å². The van der Waals surface area contributed by atoms with Gasteiger partial charge in [0.05, 0.1) is 0 Å². The Bertz CT molecular complexity index is 369. The number of aryl methyl sites for hydroxylation is 1. The monoisotopic (exact) mass is 230 g/mol. The smallest absolute Gasteiger partial charge is 0.0399 e. The van der Waals surface area contributed by atoms with Crippen LogP contribution >= 0.6 is 0 Å². The van der Waals surface area contributed by atoms with Crippen molar-refractivity contribution in [1.82, 2.24) is 5.32 Å². The molecule has 2 heterocycles. The zero-order valence-electron chi connectivity index (χ0n) is 10.5. The molecule has 0 bridgehead atoms. The van der Waals surface area contributed by atoms with Crippen LogP contribution in [0.3, 0.4) is 0 Å². The highest BCUT2D eigenvalue weighted by Gasteiger charge is 2.20. The molecule has 0 radical (unpaired) electrons. The van der Waals surface area contributed by atoms with Crippen LogP contribution in [0.1, 0.15) is 31.2 Å². The largest absolute Gasteiger partial charge is 0.370 e. The van der Waals surface area contributed by atoms with Crippen LogP contribution in [0.2, 0.25) is 0 Å². The number of para-hydroxylation sites is 1. The first kappa shape index (κ1) is 11.1. The van der Waals surface area contributed by atoms with Crippen molar-refractivity contribution >= 4 is 5.69 Å². The summed E-state index contributed by atoms with van der Waals surface area (Å²) in [6.45, 7) is 3.63. The lowest BCUT2D eigenvalue weighted by Gasteiger charge is -2.28. The van der Waals surface area contributed by atoms with E-state index in [1.54, 1.807) is 5.56 Å². The summed E-state index contributed by atoms with van der Waals surface area (Å²) in [5.41, 5.74) is 3.03. The molecule has 0 aromatic heterocycles. The van der Waals surface area contributed by atoms with Crippen LogP contribution in [-0.2, 0) is 6.42 Å². The molecule has 2 aliphatic rings. The summed E-state index contributed by atoms with van der Waals surface area (Å²) in [6.07, 6.45) is 6.62. The van der Waals surface area contributed by atoms with Crippen molar-refractivity contribution in [2.75, 3.05) is 24.5 Å². The molecule has 2 aliphatic heterocycles. The summed E-state index contributed by atoms with van der Waals surface area (Å²) in [6, 6.07) is 9.67. The highest BCUT2D eigenvalue weighted by Crippen LogP contribution is 2.26. The van der Waals surface area contributed by atoms with Crippen LogP contribution in [0.5, 0.6) is 0 Å². The summed E-state index contributed by atoms with van der Waals surface area (Å²) in [5.74, 6) is 0. The molecular formula is C15H22N2. The number of fused-ring (bicyclic) bond motifs is 1. The van der Waals surface area contributed by atoms with Gasteiger partial charge in [-0.15, -0.1) is 0 Å². The van der Waals surface area contributed by atoms with Gasteiger partial charge in [0.1, 0.15) is 0 Å². The van der Waals surface area contributed by atoms with Gasteiger partial charge in [0.25, 0.3) is 0 Å². The summed E-state index contributed by atoms with van der Waals surface area (Å²) in [7, 11) is 0. The summed E-state index contributed by atoms with van der Waals surface area (Å²) >= 11 is 0. The topological polar surface area (TPSA) is 15.3 Å². The quantitative estimate of drug-likeness (QED) is 0.840. The van der Waals surface area contributed by atoms with Gasteiger partial charge >= 0.3 is 0 Å². The van der Waals surface area contributed by atoms with Gasteiger partial charge in [0, 0.05) is 24.8 Å². The Morgan fingerprint density at radius 1 is 1.18 bits per heavy atom. The molecule has 2 heteroatoms. The Hall–Kier alpha value is -1.02. The van der Waals surface area contributed by atoms with Crippen LogP contribution in [0.4, 0.5) is 5.69 Å². The Labute approximate surface area is 104 Å². The first-order chi connectivity index (χ1) is 8.43. The van der Waals surface area contributed by atoms with E-state index < -0.39 is 0 Å². The third-order valence-electron chi connectivity index (χ3n) is 4.06. The molecule has 1 N–H and O–H groups in total. The fourth-order valence-corrected chi connectivity index (χ4v) is 3.14. The van der Waals surface area contributed by atoms with Crippen molar-refractivity contribution in [3.63, 3.8) is 0 Å². The minimum atomic E-state index is 0.709. The fraction of sp³-hybridized carbons (Fsp3) is 0.600. The van der Waals surface area contributed by atoms with Gasteiger partial charge < -0.3 is 10.2 Å². The van der Waals surface area contributed by atoms with E-state index in [-0.39, 0.29) is 0 Å². The highest BCUT2D eigenvalue weighted by molar-refractivity contribution is 5.54. The van der Waals surface area contributed by atoms with Gasteiger partial charge in [-0.3, -0.25) is 0 Å². The number of nitrogens with one attached hydrogen (secondary N) is 1. The second-order valence-corrected chi connectivity index (χ2v) is 5.33. The van der Waals surface area contributed by atoms with Crippen molar-refractivity contribution in [2.45, 2.75) is 38.1 Å². The number of anilines is 1. The molecule has 0 amide bonds. The molecule has 0 aliphatic carbocycles. The molecule has 1 saturated heterocycles. The average Bonchev–Trinajstić information content (AvgIpc) is 2.78. The van der Waals surface area contributed by atoms with E-state index in [2.05, 4.69) is 34.5 Å². The molecular weight excluding hydrogens is 208 g/mol. The minimum Gasteiger partial charge on any atom is -0.370 e. The molecule has 2 nitrogen and oxygen atoms in total. The predicted molar refractivity (Wildman–Crippen MR) is 72.6 cm³/mol. The molecule has 0 saturated carbocycles. The lowest BCUT2D eigenvalue weighted by Crippen LogP contribution is -2.38. The van der Waals surface area contributed by atoms with Crippen molar-refractivity contribution in [3.05, 3.63) is 29.8 Å². The number of benzene rings is 1. The van der Waals surface area contributed by atoms with Crippen LogP contribution in [-0.4, -0.2) is 25.7 Å². The van der Waals surface area contributed by atoms with Gasteiger partial charge in [-0.2, -0.15) is 0 Å². The first-order valence-electron chi connectivity index (χ1n) is 7.00. The summed E-state index contributed by atoms with van der Waals surface area (Å²) < 4.78 is 0. The molecule has 3 rings (SSSR count). The average molecular weight is 230 g/mol. The van der Waals surface area contributed by atoms with Crippen molar-refractivity contribution in [1.29, 1.82) is 0 Å². The van der Waals surface area contributed by atoms with Gasteiger partial charge in [0.2, 0.25) is 0 Å². The SMILES string of the molecule is c1ccc2c(c1)CCCCN2CC1CCCN1. The number of hydrogen-bond donors (Lipinski definition) is 1. The maximum atomic E-state index is 3.61. The fourth-order valence-electron chi connectivity index (χ4n) is 3.14. The van der Waals surface area contributed by atoms with Crippen LogP contribution < -0.4 is 10.2 Å². The van der Waals surface area contributed by atoms with E-state index in [4.69, 9.17) is 0 Å². The van der Waals surface area contributed by atoms with Gasteiger partial charge in [-0.1, -0.05) is 18.2 Å². The predicted octanol–water partition coefficient (Wildman–Crippen LogP) is 2.58. The van der Waals surface area contributed by atoms with Gasteiger partial charge in [-0.25, -0.2) is 0 Å². The lowest BCUT2D eigenvalue weighted by atomic mass is 10.1. The van der Waals surface area contributed by atoms with E-state index in [9.17, 15) is 0 Å². The van der Waals surface area contributed by atoms with Gasteiger partial charge in [-0.05, 0) is 50.3 Å². The zero-order chi connectivity index (χ0) is 11.5. The highest BCUT2D eigenvalue weighted by atomic mass is 15.2. The van der Waals surface area contributed by atoms with Crippen LogP contribution in [0.15, 0.2) is 24.3 Å². The van der Waals surface area contributed by atoms with E-state index in [0.717, 1.165) is 0 Å². The Balaban J connectivity index is 1.78. The van der Waals surface area contributed by atoms with E-state index in [1.165, 1.54) is 57.4 Å². The second-order valence-electron chi connectivity index (χ2n) is 5.33. The molecule has 1 aromatic rings. The van der Waals surface area contributed by atoms with Crippen molar-refractivity contribution < 1.29 is 0 Å². The second kappa shape index (κ2) is 5.09. The zero-order valence-corrected chi connectivity index (χ0v) is 10.5. The van der Waals surface area contributed by atoms with Crippen molar-refractivity contribution in [3.8, 4) is 0 Å². The molecule has 1 aromatic carbocycles. The third kappa shape index (κ3) is 2.47. The normalized spacial score (nSPS) is 24.5. The summed E-state index contributed by atoms with van der Waals surface area (Å²) in [4.78, 5) is 2.60. The molecule has 1 atom stereocenters. The van der Waals surface area contributed by atoms with Crippen LogP contribution in [0, 0.1) is 0 Å². The lowest BCUT2D eigenvalue weighted by molar-refractivity contribution is 0.575. The van der Waals surface area contributed by atoms with Crippen molar-refractivity contribution in [2.24, 2.45) is 0 Å². The van der Waals surface area contributed by atoms with E-state index in [1.807, 2.05) is 0 Å².